The van der Waals surface area contributed by atoms with Crippen LogP contribution in [0.2, 0.25) is 5.02 Å². The van der Waals surface area contributed by atoms with Crippen molar-refractivity contribution in [2.45, 2.75) is 0 Å². The van der Waals surface area contributed by atoms with Crippen molar-refractivity contribution in [1.82, 2.24) is 0 Å². The lowest BCUT2D eigenvalue weighted by atomic mass is 10.3. The molecule has 0 amide bonds. The number of ether oxygens (including phenoxy) is 1. The number of thiocarbonyl (C=S) groups is 1. The molecule has 0 bridgehead atoms. The maximum atomic E-state index is 5.82. The first-order chi connectivity index (χ1) is 9.17. The molecule has 0 atom stereocenters. The molecule has 0 radical (unpaired) electrons. The molecule has 0 unspecified atom stereocenters. The first-order valence-corrected chi connectivity index (χ1v) is 7.57. The van der Waals surface area contributed by atoms with Gasteiger partial charge in [-0.3, -0.25) is 0 Å². The van der Waals surface area contributed by atoms with Crippen LogP contribution in [0.3, 0.4) is 0 Å². The number of nitrogens with one attached hydrogen (secondary N) is 1. The smallest absolute Gasteiger partial charge is 0.137 e. The van der Waals surface area contributed by atoms with Gasteiger partial charge in [0.25, 0.3) is 0 Å². The van der Waals surface area contributed by atoms with Gasteiger partial charge in [-0.25, -0.2) is 0 Å². The highest BCUT2D eigenvalue weighted by Crippen LogP contribution is 2.24. The van der Waals surface area contributed by atoms with Crippen molar-refractivity contribution in [2.75, 3.05) is 11.6 Å². The third-order valence-electron chi connectivity index (χ3n) is 2.34. The van der Waals surface area contributed by atoms with Crippen LogP contribution in [0.15, 0.2) is 48.5 Å². The summed E-state index contributed by atoms with van der Waals surface area (Å²) >= 11 is 12.4. The molecule has 0 aliphatic rings. The molecule has 0 saturated carbocycles. The molecule has 2 aromatic carbocycles. The highest BCUT2D eigenvalue weighted by molar-refractivity contribution is 8.22. The summed E-state index contributed by atoms with van der Waals surface area (Å²) in [6.07, 6.45) is 1.94. The number of anilines is 1. The van der Waals surface area contributed by atoms with Crippen LogP contribution in [-0.4, -0.2) is 10.6 Å². The Morgan fingerprint density at radius 3 is 2.11 bits per heavy atom. The van der Waals surface area contributed by atoms with Gasteiger partial charge in [0.2, 0.25) is 0 Å². The van der Waals surface area contributed by atoms with Gasteiger partial charge in [-0.15, -0.1) is 11.8 Å². The Hall–Kier alpha value is -1.23. The van der Waals surface area contributed by atoms with Gasteiger partial charge in [0.1, 0.15) is 15.8 Å². The van der Waals surface area contributed by atoms with Crippen LogP contribution in [0.4, 0.5) is 5.69 Å². The molecule has 2 aromatic rings. The molecule has 19 heavy (non-hydrogen) atoms. The normalized spacial score (nSPS) is 10.0. The molecular weight excluding hydrogens is 298 g/mol. The van der Waals surface area contributed by atoms with E-state index in [0.29, 0.717) is 5.02 Å². The average molecular weight is 310 g/mol. The van der Waals surface area contributed by atoms with Gasteiger partial charge in [-0.2, -0.15) is 0 Å². The summed E-state index contributed by atoms with van der Waals surface area (Å²) in [7, 11) is 0. The highest BCUT2D eigenvalue weighted by atomic mass is 35.5. The van der Waals surface area contributed by atoms with E-state index < -0.39 is 0 Å². The van der Waals surface area contributed by atoms with E-state index in [4.69, 9.17) is 28.6 Å². The fourth-order valence-corrected chi connectivity index (χ4v) is 1.88. The first-order valence-electron chi connectivity index (χ1n) is 5.56. The number of rotatable bonds is 3. The SMILES string of the molecule is CSC(=S)Nc1ccc(Oc2ccc(Cl)cc2)cc1. The average Bonchev–Trinajstić information content (AvgIpc) is 2.43. The Kier molecular flexibility index (Phi) is 5.07. The number of hydrogen-bond donors (Lipinski definition) is 1. The zero-order valence-electron chi connectivity index (χ0n) is 10.2. The number of hydrogen-bond acceptors (Lipinski definition) is 3. The van der Waals surface area contributed by atoms with E-state index in [1.54, 1.807) is 12.1 Å². The third kappa shape index (κ3) is 4.42. The second-order valence-electron chi connectivity index (χ2n) is 3.70. The molecule has 0 aliphatic carbocycles. The zero-order valence-corrected chi connectivity index (χ0v) is 12.6. The van der Waals surface area contributed by atoms with Crippen molar-refractivity contribution in [1.29, 1.82) is 0 Å². The van der Waals surface area contributed by atoms with Crippen LogP contribution < -0.4 is 10.1 Å². The number of halogens is 1. The van der Waals surface area contributed by atoms with E-state index >= 15 is 0 Å². The summed E-state index contributed by atoms with van der Waals surface area (Å²) in [5.41, 5.74) is 0.947. The molecule has 0 aliphatic heterocycles. The molecule has 0 fully saturated rings. The summed E-state index contributed by atoms with van der Waals surface area (Å²) in [6, 6.07) is 14.9. The van der Waals surface area contributed by atoms with Gasteiger partial charge in [0.15, 0.2) is 0 Å². The van der Waals surface area contributed by atoms with Crippen molar-refractivity contribution >= 4 is 45.6 Å². The topological polar surface area (TPSA) is 21.3 Å². The quantitative estimate of drug-likeness (QED) is 0.787. The summed E-state index contributed by atoms with van der Waals surface area (Å²) in [4.78, 5) is 0. The molecule has 2 nitrogen and oxygen atoms in total. The molecule has 0 heterocycles. The fraction of sp³-hybridized carbons (Fsp3) is 0.0714. The van der Waals surface area contributed by atoms with E-state index in [1.165, 1.54) is 11.8 Å². The summed E-state index contributed by atoms with van der Waals surface area (Å²) in [5.74, 6) is 1.52. The highest BCUT2D eigenvalue weighted by Gasteiger charge is 1.99. The monoisotopic (exact) mass is 309 g/mol. The lowest BCUT2D eigenvalue weighted by molar-refractivity contribution is 0.483. The van der Waals surface area contributed by atoms with Crippen LogP contribution in [0, 0.1) is 0 Å². The Bertz CT molecular complexity index is 555. The van der Waals surface area contributed by atoms with Crippen molar-refractivity contribution in [3.05, 3.63) is 53.6 Å². The van der Waals surface area contributed by atoms with Crippen LogP contribution in [0.1, 0.15) is 0 Å². The minimum absolute atomic E-state index is 0.692. The summed E-state index contributed by atoms with van der Waals surface area (Å²) in [5, 5.41) is 3.80. The van der Waals surface area contributed by atoms with E-state index in [9.17, 15) is 0 Å². The molecule has 2 rings (SSSR count). The van der Waals surface area contributed by atoms with Gasteiger partial charge in [-0.1, -0.05) is 23.8 Å². The second-order valence-corrected chi connectivity index (χ2v) is 5.62. The maximum absolute atomic E-state index is 5.82. The van der Waals surface area contributed by atoms with Gasteiger partial charge in [0, 0.05) is 10.7 Å². The summed E-state index contributed by atoms with van der Waals surface area (Å²) < 4.78 is 6.44. The van der Waals surface area contributed by atoms with Crippen LogP contribution in [0.25, 0.3) is 0 Å². The maximum Gasteiger partial charge on any atom is 0.137 e. The molecule has 5 heteroatoms. The molecular formula is C14H12ClNOS2. The van der Waals surface area contributed by atoms with Gasteiger partial charge >= 0.3 is 0 Å². The lowest BCUT2D eigenvalue weighted by Gasteiger charge is -2.08. The largest absolute Gasteiger partial charge is 0.457 e. The van der Waals surface area contributed by atoms with E-state index in [-0.39, 0.29) is 0 Å². The van der Waals surface area contributed by atoms with Crippen LogP contribution in [-0.2, 0) is 0 Å². The predicted octanol–water partition coefficient (Wildman–Crippen LogP) is 5.19. The molecule has 98 valence electrons. The summed E-state index contributed by atoms with van der Waals surface area (Å²) in [6.45, 7) is 0. The van der Waals surface area contributed by atoms with Crippen molar-refractivity contribution in [2.24, 2.45) is 0 Å². The standard InChI is InChI=1S/C14H12ClNOS2/c1-19-14(18)16-11-4-8-13(9-5-11)17-12-6-2-10(15)3-7-12/h2-9H,1H3,(H,16,18). The molecule has 0 aromatic heterocycles. The van der Waals surface area contributed by atoms with Gasteiger partial charge < -0.3 is 10.1 Å². The van der Waals surface area contributed by atoms with E-state index in [1.807, 2.05) is 42.7 Å². The number of benzene rings is 2. The predicted molar refractivity (Wildman–Crippen MR) is 87.7 cm³/mol. The minimum Gasteiger partial charge on any atom is -0.457 e. The zero-order chi connectivity index (χ0) is 13.7. The van der Waals surface area contributed by atoms with Gasteiger partial charge in [0.05, 0.1) is 0 Å². The lowest BCUT2D eigenvalue weighted by Crippen LogP contribution is -2.02. The molecule has 0 spiro atoms. The van der Waals surface area contributed by atoms with E-state index in [0.717, 1.165) is 21.5 Å². The Morgan fingerprint density at radius 1 is 1.05 bits per heavy atom. The van der Waals surface area contributed by atoms with Crippen molar-refractivity contribution in [3.8, 4) is 11.5 Å². The number of thioether (sulfide) groups is 1. The second kappa shape index (κ2) is 6.80. The van der Waals surface area contributed by atoms with Crippen molar-refractivity contribution in [3.63, 3.8) is 0 Å². The Balaban J connectivity index is 2.02. The fourth-order valence-electron chi connectivity index (χ4n) is 1.41. The first kappa shape index (κ1) is 14.2. The van der Waals surface area contributed by atoms with Crippen LogP contribution >= 0.6 is 35.6 Å². The Morgan fingerprint density at radius 2 is 1.58 bits per heavy atom. The molecule has 1 N–H and O–H groups in total. The molecule has 0 saturated heterocycles. The van der Waals surface area contributed by atoms with E-state index in [2.05, 4.69) is 5.32 Å². The van der Waals surface area contributed by atoms with Crippen LogP contribution in [0.5, 0.6) is 11.5 Å². The van der Waals surface area contributed by atoms with Crippen molar-refractivity contribution < 1.29 is 4.74 Å². The van der Waals surface area contributed by atoms with Gasteiger partial charge in [-0.05, 0) is 54.8 Å². The Labute approximate surface area is 127 Å². The third-order valence-corrected chi connectivity index (χ3v) is 3.66. The minimum atomic E-state index is 0.692.